The van der Waals surface area contributed by atoms with Gasteiger partial charge in [0.05, 0.1) is 24.0 Å². The molecule has 0 saturated heterocycles. The van der Waals surface area contributed by atoms with E-state index < -0.39 is 0 Å². The molecule has 0 aliphatic carbocycles. The van der Waals surface area contributed by atoms with E-state index in [9.17, 15) is 0 Å². The van der Waals surface area contributed by atoms with Crippen LogP contribution in [0.1, 0.15) is 11.3 Å². The third kappa shape index (κ3) is 2.94. The van der Waals surface area contributed by atoms with Crippen molar-refractivity contribution in [3.63, 3.8) is 0 Å². The van der Waals surface area contributed by atoms with Gasteiger partial charge in [-0.3, -0.25) is 4.98 Å². The highest BCUT2D eigenvalue weighted by Crippen LogP contribution is 2.10. The van der Waals surface area contributed by atoms with Crippen molar-refractivity contribution in [3.8, 4) is 0 Å². The highest BCUT2D eigenvalue weighted by atomic mass is 32.1. The third-order valence-corrected chi connectivity index (χ3v) is 2.37. The Labute approximate surface area is 104 Å². The lowest BCUT2D eigenvalue weighted by atomic mass is 10.2. The summed E-state index contributed by atoms with van der Waals surface area (Å²) in [5, 5.41) is 10.9. The lowest BCUT2D eigenvalue weighted by Crippen LogP contribution is -2.15. The van der Waals surface area contributed by atoms with Crippen molar-refractivity contribution in [1.29, 1.82) is 0 Å². The zero-order valence-electron chi connectivity index (χ0n) is 9.00. The molecule has 2 aromatic heterocycles. The first-order chi connectivity index (χ1) is 8.27. The molecule has 86 valence electrons. The first-order valence-corrected chi connectivity index (χ1v) is 5.43. The van der Waals surface area contributed by atoms with Crippen molar-refractivity contribution < 1.29 is 0 Å². The molecule has 0 aliphatic rings. The zero-order valence-corrected chi connectivity index (χ0v) is 9.81. The highest BCUT2D eigenvalue weighted by molar-refractivity contribution is 7.80. The molecular formula is C11H11N5S. The fourth-order valence-corrected chi connectivity index (χ4v) is 1.50. The molecule has 3 N–H and O–H groups in total. The molecule has 0 saturated carbocycles. The van der Waals surface area contributed by atoms with Crippen LogP contribution in [0.3, 0.4) is 0 Å². The van der Waals surface area contributed by atoms with E-state index in [2.05, 4.69) is 20.5 Å². The van der Waals surface area contributed by atoms with Gasteiger partial charge >= 0.3 is 0 Å². The predicted molar refractivity (Wildman–Crippen MR) is 69.5 cm³/mol. The maximum absolute atomic E-state index is 5.59. The van der Waals surface area contributed by atoms with Gasteiger partial charge in [-0.2, -0.15) is 5.10 Å². The summed E-state index contributed by atoms with van der Waals surface area (Å²) in [6, 6.07) is 7.45. The summed E-state index contributed by atoms with van der Waals surface area (Å²) >= 11 is 4.93. The van der Waals surface area contributed by atoms with Crippen LogP contribution in [0.15, 0.2) is 36.7 Å². The minimum atomic E-state index is 0.295. The van der Waals surface area contributed by atoms with E-state index in [4.69, 9.17) is 18.0 Å². The summed E-state index contributed by atoms with van der Waals surface area (Å²) in [5.41, 5.74) is 7.19. The van der Waals surface area contributed by atoms with E-state index in [1.54, 1.807) is 18.5 Å². The monoisotopic (exact) mass is 245 g/mol. The maximum atomic E-state index is 5.59. The van der Waals surface area contributed by atoms with Gasteiger partial charge in [-0.1, -0.05) is 18.3 Å². The van der Waals surface area contributed by atoms with Gasteiger partial charge in [-0.05, 0) is 18.2 Å². The van der Waals surface area contributed by atoms with Gasteiger partial charge in [-0.15, -0.1) is 5.10 Å². The van der Waals surface area contributed by atoms with Gasteiger partial charge in [0, 0.05) is 6.20 Å². The van der Waals surface area contributed by atoms with E-state index in [1.807, 2.05) is 18.2 Å². The van der Waals surface area contributed by atoms with E-state index in [0.717, 1.165) is 5.69 Å². The topological polar surface area (TPSA) is 76.7 Å². The standard InChI is InChI=1S/C11H11N5S/c12-10(17)9-4-6-15-16-11(9)14-7-8-3-1-2-5-13-8/h1-6H,7H2,(H2,12,17)(H,14,16). The molecule has 5 nitrogen and oxygen atoms in total. The van der Waals surface area contributed by atoms with E-state index in [0.29, 0.717) is 22.9 Å². The highest BCUT2D eigenvalue weighted by Gasteiger charge is 2.06. The summed E-state index contributed by atoms with van der Waals surface area (Å²) in [7, 11) is 0. The van der Waals surface area contributed by atoms with Crippen LogP contribution in [-0.2, 0) is 6.54 Å². The lowest BCUT2D eigenvalue weighted by molar-refractivity contribution is 0.975. The van der Waals surface area contributed by atoms with Crippen LogP contribution in [0.4, 0.5) is 5.82 Å². The Hall–Kier alpha value is -2.08. The Morgan fingerprint density at radius 1 is 1.29 bits per heavy atom. The number of nitrogens with zero attached hydrogens (tertiary/aromatic N) is 3. The molecule has 0 aromatic carbocycles. The van der Waals surface area contributed by atoms with Crippen molar-refractivity contribution in [2.75, 3.05) is 5.32 Å². The van der Waals surface area contributed by atoms with Crippen LogP contribution < -0.4 is 11.1 Å². The molecule has 0 atom stereocenters. The summed E-state index contributed by atoms with van der Waals surface area (Å²) < 4.78 is 0. The molecule has 17 heavy (non-hydrogen) atoms. The molecule has 2 rings (SSSR count). The number of nitrogens with two attached hydrogens (primary N) is 1. The van der Waals surface area contributed by atoms with E-state index in [-0.39, 0.29) is 0 Å². The van der Waals surface area contributed by atoms with Crippen molar-refractivity contribution in [2.45, 2.75) is 6.54 Å². The fourth-order valence-electron chi connectivity index (χ4n) is 1.34. The van der Waals surface area contributed by atoms with Crippen LogP contribution in [-0.4, -0.2) is 20.2 Å². The molecule has 0 radical (unpaired) electrons. The van der Waals surface area contributed by atoms with E-state index >= 15 is 0 Å². The number of hydrogen-bond donors (Lipinski definition) is 2. The fraction of sp³-hybridized carbons (Fsp3) is 0.0909. The average molecular weight is 245 g/mol. The molecular weight excluding hydrogens is 234 g/mol. The Bertz CT molecular complexity index is 514. The van der Waals surface area contributed by atoms with Crippen LogP contribution in [0.2, 0.25) is 0 Å². The normalized spacial score (nSPS) is 9.88. The number of thiocarbonyl (C=S) groups is 1. The molecule has 0 aliphatic heterocycles. The number of nitrogens with one attached hydrogen (secondary N) is 1. The number of anilines is 1. The minimum absolute atomic E-state index is 0.295. The number of aromatic nitrogens is 3. The van der Waals surface area contributed by atoms with Gasteiger partial charge in [0.25, 0.3) is 0 Å². The van der Waals surface area contributed by atoms with Crippen LogP contribution >= 0.6 is 12.2 Å². The SMILES string of the molecule is NC(=S)c1ccnnc1NCc1ccccn1. The first kappa shape index (κ1) is 11.4. The minimum Gasteiger partial charge on any atom is -0.389 e. The largest absolute Gasteiger partial charge is 0.389 e. The number of pyridine rings is 1. The molecule has 2 heterocycles. The van der Waals surface area contributed by atoms with E-state index in [1.165, 1.54) is 0 Å². The maximum Gasteiger partial charge on any atom is 0.159 e. The van der Waals surface area contributed by atoms with Crippen LogP contribution in [0, 0.1) is 0 Å². The second-order valence-corrected chi connectivity index (χ2v) is 3.77. The second kappa shape index (κ2) is 5.31. The summed E-state index contributed by atoms with van der Waals surface area (Å²) in [6.45, 7) is 0.551. The van der Waals surface area contributed by atoms with Crippen molar-refractivity contribution in [2.24, 2.45) is 5.73 Å². The van der Waals surface area contributed by atoms with Crippen molar-refractivity contribution in [3.05, 3.63) is 47.9 Å². The summed E-state index contributed by atoms with van der Waals surface area (Å²) in [5.74, 6) is 0.575. The Balaban J connectivity index is 2.12. The molecule has 0 spiro atoms. The molecule has 0 amide bonds. The van der Waals surface area contributed by atoms with Gasteiger partial charge < -0.3 is 11.1 Å². The Kier molecular flexibility index (Phi) is 3.56. The second-order valence-electron chi connectivity index (χ2n) is 3.33. The quantitative estimate of drug-likeness (QED) is 0.786. The van der Waals surface area contributed by atoms with Gasteiger partial charge in [0.15, 0.2) is 5.82 Å². The summed E-state index contributed by atoms with van der Waals surface area (Å²) in [6.07, 6.45) is 3.29. The third-order valence-electron chi connectivity index (χ3n) is 2.15. The molecule has 0 unspecified atom stereocenters. The predicted octanol–water partition coefficient (Wildman–Crippen LogP) is 1.12. The van der Waals surface area contributed by atoms with Gasteiger partial charge in [0.1, 0.15) is 4.99 Å². The van der Waals surface area contributed by atoms with Crippen LogP contribution in [0.5, 0.6) is 0 Å². The van der Waals surface area contributed by atoms with Gasteiger partial charge in [0.2, 0.25) is 0 Å². The van der Waals surface area contributed by atoms with Crippen LogP contribution in [0.25, 0.3) is 0 Å². The first-order valence-electron chi connectivity index (χ1n) is 5.02. The average Bonchev–Trinajstić information content (AvgIpc) is 2.38. The zero-order chi connectivity index (χ0) is 12.1. The Morgan fingerprint density at radius 3 is 2.88 bits per heavy atom. The van der Waals surface area contributed by atoms with Gasteiger partial charge in [-0.25, -0.2) is 0 Å². The molecule has 0 fully saturated rings. The number of hydrogen-bond acceptors (Lipinski definition) is 5. The molecule has 6 heteroatoms. The molecule has 2 aromatic rings. The summed E-state index contributed by atoms with van der Waals surface area (Å²) in [4.78, 5) is 4.49. The smallest absolute Gasteiger partial charge is 0.159 e. The molecule has 0 bridgehead atoms. The van der Waals surface area contributed by atoms with Crippen molar-refractivity contribution in [1.82, 2.24) is 15.2 Å². The Morgan fingerprint density at radius 2 is 2.18 bits per heavy atom. The number of rotatable bonds is 4. The lowest BCUT2D eigenvalue weighted by Gasteiger charge is -2.08. The van der Waals surface area contributed by atoms with Crippen molar-refractivity contribution >= 4 is 23.0 Å².